The summed E-state index contributed by atoms with van der Waals surface area (Å²) in [5.74, 6) is 0.551. The standard InChI is InChI=1S/C34H48FNO3/c1-21(20-30(38)36-27-11-9-8-10-26(27)35)23-14-18-34(7)25-12-13-28-31(3,4)29(39-22(2)37)16-17-32(28,5)24(25)15-19-33(23,34)6/h8-11,21,23,28-29H,12-20H2,1-7H3,(H,36,38)/t21-,23-,28+,29+,32-,33-,34+/m1/s1. The Hall–Kier alpha value is -2.17. The first-order chi connectivity index (χ1) is 18.2. The molecule has 0 bridgehead atoms. The highest BCUT2D eigenvalue weighted by Crippen LogP contribution is 2.72. The Kier molecular flexibility index (Phi) is 7.08. The van der Waals surface area contributed by atoms with Gasteiger partial charge in [0.2, 0.25) is 5.91 Å². The highest BCUT2D eigenvalue weighted by atomic mass is 19.1. The summed E-state index contributed by atoms with van der Waals surface area (Å²) in [7, 11) is 0. The molecule has 2 saturated carbocycles. The zero-order valence-electron chi connectivity index (χ0n) is 25.1. The highest BCUT2D eigenvalue weighted by molar-refractivity contribution is 5.90. The van der Waals surface area contributed by atoms with Gasteiger partial charge in [0.1, 0.15) is 11.9 Å². The minimum Gasteiger partial charge on any atom is -0.462 e. The number of carbonyl (C=O) groups is 2. The molecule has 0 heterocycles. The Bertz CT molecular complexity index is 1190. The molecule has 4 aliphatic rings. The number of anilines is 1. The number of allylic oxidation sites excluding steroid dienone is 2. The van der Waals surface area contributed by atoms with Gasteiger partial charge in [0.25, 0.3) is 0 Å². The van der Waals surface area contributed by atoms with Gasteiger partial charge in [-0.05, 0) is 97.5 Å². The number of hydrogen-bond donors (Lipinski definition) is 1. The van der Waals surface area contributed by atoms with Crippen LogP contribution in [0.5, 0.6) is 0 Å². The van der Waals surface area contributed by atoms with Crippen molar-refractivity contribution in [2.45, 2.75) is 112 Å². The summed E-state index contributed by atoms with van der Waals surface area (Å²) in [5.41, 5.74) is 4.09. The summed E-state index contributed by atoms with van der Waals surface area (Å²) in [6.07, 6.45) is 9.31. The Balaban J connectivity index is 1.37. The molecule has 214 valence electrons. The van der Waals surface area contributed by atoms with Crippen molar-refractivity contribution in [2.24, 2.45) is 39.4 Å². The molecule has 39 heavy (non-hydrogen) atoms. The number of amides is 1. The van der Waals surface area contributed by atoms with Crippen LogP contribution in [0.15, 0.2) is 35.4 Å². The van der Waals surface area contributed by atoms with E-state index in [1.807, 2.05) is 0 Å². The molecular formula is C34H48FNO3. The van der Waals surface area contributed by atoms with E-state index in [2.05, 4.69) is 46.9 Å². The zero-order chi connectivity index (χ0) is 28.4. The van der Waals surface area contributed by atoms with Crippen LogP contribution in [0.4, 0.5) is 10.1 Å². The summed E-state index contributed by atoms with van der Waals surface area (Å²) in [5, 5.41) is 2.81. The van der Waals surface area contributed by atoms with Crippen LogP contribution in [-0.2, 0) is 14.3 Å². The van der Waals surface area contributed by atoms with E-state index in [-0.39, 0.29) is 57.1 Å². The third-order valence-corrected chi connectivity index (χ3v) is 12.4. The number of halogens is 1. The van der Waals surface area contributed by atoms with Crippen molar-refractivity contribution in [3.8, 4) is 0 Å². The average molecular weight is 538 g/mol. The normalized spacial score (nSPS) is 37.8. The molecule has 0 saturated heterocycles. The molecule has 4 aliphatic carbocycles. The molecule has 0 aromatic heterocycles. The van der Waals surface area contributed by atoms with E-state index in [0.717, 1.165) is 44.9 Å². The molecule has 0 aliphatic heterocycles. The monoisotopic (exact) mass is 537 g/mol. The first-order valence-corrected chi connectivity index (χ1v) is 15.2. The number of fused-ring (bicyclic) bond motifs is 4. The summed E-state index contributed by atoms with van der Waals surface area (Å²) < 4.78 is 20.0. The van der Waals surface area contributed by atoms with Gasteiger partial charge in [-0.3, -0.25) is 9.59 Å². The van der Waals surface area contributed by atoms with Crippen molar-refractivity contribution >= 4 is 17.6 Å². The maximum atomic E-state index is 14.1. The minimum atomic E-state index is -0.389. The minimum absolute atomic E-state index is 0.00751. The molecule has 1 N–H and O–H groups in total. The first-order valence-electron chi connectivity index (χ1n) is 15.2. The third-order valence-electron chi connectivity index (χ3n) is 12.4. The molecule has 4 nitrogen and oxygen atoms in total. The number of hydrogen-bond acceptors (Lipinski definition) is 3. The molecule has 0 radical (unpaired) electrons. The lowest BCUT2D eigenvalue weighted by Crippen LogP contribution is -2.55. The van der Waals surface area contributed by atoms with Gasteiger partial charge in [-0.25, -0.2) is 4.39 Å². The van der Waals surface area contributed by atoms with Gasteiger partial charge in [-0.2, -0.15) is 0 Å². The first kappa shape index (κ1) is 28.4. The van der Waals surface area contributed by atoms with Crippen molar-refractivity contribution in [1.29, 1.82) is 0 Å². The molecule has 5 rings (SSSR count). The number of esters is 1. The third kappa shape index (κ3) is 4.37. The summed E-state index contributed by atoms with van der Waals surface area (Å²) >= 11 is 0. The fourth-order valence-corrected chi connectivity index (χ4v) is 10.2. The van der Waals surface area contributed by atoms with E-state index in [9.17, 15) is 14.0 Å². The number of benzene rings is 1. The number of para-hydroxylation sites is 1. The Morgan fingerprint density at radius 1 is 1.00 bits per heavy atom. The second kappa shape index (κ2) is 9.73. The van der Waals surface area contributed by atoms with E-state index in [0.29, 0.717) is 18.3 Å². The van der Waals surface area contributed by atoms with E-state index in [1.54, 1.807) is 29.3 Å². The summed E-state index contributed by atoms with van der Waals surface area (Å²) in [4.78, 5) is 24.8. The quantitative estimate of drug-likeness (QED) is 0.303. The van der Waals surface area contributed by atoms with Crippen LogP contribution < -0.4 is 5.32 Å². The van der Waals surface area contributed by atoms with Gasteiger partial charge >= 0.3 is 5.97 Å². The highest BCUT2D eigenvalue weighted by Gasteiger charge is 2.63. The fraction of sp³-hybridized carbons (Fsp3) is 0.706. The molecule has 0 spiro atoms. The van der Waals surface area contributed by atoms with Crippen LogP contribution in [0, 0.1) is 45.2 Å². The lowest BCUT2D eigenvalue weighted by molar-refractivity contribution is -0.167. The van der Waals surface area contributed by atoms with Crippen LogP contribution in [0.2, 0.25) is 0 Å². The summed E-state index contributed by atoms with van der Waals surface area (Å²) in [6.45, 7) is 15.9. The van der Waals surface area contributed by atoms with Crippen molar-refractivity contribution in [1.82, 2.24) is 0 Å². The fourth-order valence-electron chi connectivity index (χ4n) is 10.2. The molecular weight excluding hydrogens is 489 g/mol. The van der Waals surface area contributed by atoms with E-state index >= 15 is 0 Å². The molecule has 7 atom stereocenters. The van der Waals surface area contributed by atoms with Crippen molar-refractivity contribution in [2.75, 3.05) is 5.32 Å². The van der Waals surface area contributed by atoms with Gasteiger partial charge in [0, 0.05) is 18.8 Å². The predicted molar refractivity (Wildman–Crippen MR) is 153 cm³/mol. The molecule has 5 heteroatoms. The number of carbonyl (C=O) groups excluding carboxylic acids is 2. The van der Waals surface area contributed by atoms with Gasteiger partial charge in [-0.15, -0.1) is 0 Å². The van der Waals surface area contributed by atoms with E-state index in [1.165, 1.54) is 19.4 Å². The molecule has 1 aromatic carbocycles. The Morgan fingerprint density at radius 2 is 1.72 bits per heavy atom. The zero-order valence-corrected chi connectivity index (χ0v) is 25.1. The maximum absolute atomic E-state index is 14.1. The predicted octanol–water partition coefficient (Wildman–Crippen LogP) is 8.47. The molecule has 0 unspecified atom stereocenters. The SMILES string of the molecule is CC(=O)O[C@H]1CC[C@]2(C)C3=C(CC[C@H]2C1(C)C)[C@]1(C)CC[C@H]([C@H](C)CC(=O)Nc2ccccc2F)[C@@]1(C)CC3. The lowest BCUT2D eigenvalue weighted by Gasteiger charge is -2.62. The van der Waals surface area contributed by atoms with Gasteiger partial charge in [0.15, 0.2) is 0 Å². The van der Waals surface area contributed by atoms with Crippen LogP contribution >= 0.6 is 0 Å². The van der Waals surface area contributed by atoms with Crippen LogP contribution in [-0.4, -0.2) is 18.0 Å². The number of rotatable bonds is 5. The molecule has 1 amide bonds. The second-order valence-corrected chi connectivity index (χ2v) is 14.5. The smallest absolute Gasteiger partial charge is 0.302 e. The van der Waals surface area contributed by atoms with Crippen molar-refractivity contribution < 1.29 is 18.7 Å². The van der Waals surface area contributed by atoms with Gasteiger partial charge in [0.05, 0.1) is 5.69 Å². The molecule has 2 fully saturated rings. The largest absolute Gasteiger partial charge is 0.462 e. The average Bonchev–Trinajstić information content (AvgIpc) is 3.13. The number of ether oxygens (including phenoxy) is 1. The lowest BCUT2D eigenvalue weighted by atomic mass is 9.43. The molecule has 1 aromatic rings. The van der Waals surface area contributed by atoms with Crippen molar-refractivity contribution in [3.05, 3.63) is 41.2 Å². The summed E-state index contributed by atoms with van der Waals surface area (Å²) in [6, 6.07) is 6.40. The van der Waals surface area contributed by atoms with Crippen LogP contribution in [0.25, 0.3) is 0 Å². The number of nitrogens with one attached hydrogen (secondary N) is 1. The van der Waals surface area contributed by atoms with Crippen molar-refractivity contribution in [3.63, 3.8) is 0 Å². The van der Waals surface area contributed by atoms with Gasteiger partial charge < -0.3 is 10.1 Å². The maximum Gasteiger partial charge on any atom is 0.302 e. The van der Waals surface area contributed by atoms with E-state index < -0.39 is 0 Å². The van der Waals surface area contributed by atoms with Crippen LogP contribution in [0.1, 0.15) is 106 Å². The van der Waals surface area contributed by atoms with E-state index in [4.69, 9.17) is 4.74 Å². The van der Waals surface area contributed by atoms with Crippen LogP contribution in [0.3, 0.4) is 0 Å². The second-order valence-electron chi connectivity index (χ2n) is 14.5. The topological polar surface area (TPSA) is 55.4 Å². The Morgan fingerprint density at radius 3 is 2.41 bits per heavy atom. The Labute approximate surface area is 234 Å². The van der Waals surface area contributed by atoms with Gasteiger partial charge in [-0.1, -0.05) is 64.8 Å².